The van der Waals surface area contributed by atoms with E-state index in [1.807, 2.05) is 25.8 Å². The molecule has 2 aromatic rings. The molecule has 2 atom stereocenters. The van der Waals surface area contributed by atoms with Crippen molar-refractivity contribution in [2.45, 2.75) is 71.8 Å². The molecule has 4 rings (SSSR count). The molecule has 0 aliphatic carbocycles. The minimum atomic E-state index is -4.97. The smallest absolute Gasteiger partial charge is 0.417 e. The molecule has 0 unspecified atom stereocenters. The van der Waals surface area contributed by atoms with E-state index in [2.05, 4.69) is 15.2 Å². The highest BCUT2D eigenvalue weighted by molar-refractivity contribution is 6.08. The summed E-state index contributed by atoms with van der Waals surface area (Å²) < 4.78 is 63.2. The second-order valence-corrected chi connectivity index (χ2v) is 12.5. The molecular formula is C31H39F4N5O4. The summed E-state index contributed by atoms with van der Waals surface area (Å²) in [5.41, 5.74) is -3.10. The van der Waals surface area contributed by atoms with Crippen LogP contribution in [-0.4, -0.2) is 77.7 Å². The maximum Gasteiger partial charge on any atom is 0.417 e. The van der Waals surface area contributed by atoms with Crippen LogP contribution < -0.4 is 15.8 Å². The first-order chi connectivity index (χ1) is 20.4. The van der Waals surface area contributed by atoms with Gasteiger partial charge in [-0.1, -0.05) is 6.08 Å². The minimum Gasteiger partial charge on any atom is -0.444 e. The van der Waals surface area contributed by atoms with Crippen LogP contribution in [0.1, 0.15) is 68.2 Å². The Labute approximate surface area is 253 Å². The van der Waals surface area contributed by atoms with Crippen LogP contribution in [0.2, 0.25) is 0 Å². The Bertz CT molecular complexity index is 1520. The van der Waals surface area contributed by atoms with Gasteiger partial charge in [0.1, 0.15) is 11.4 Å². The number of amides is 2. The van der Waals surface area contributed by atoms with E-state index in [9.17, 15) is 27.6 Å². The zero-order valence-corrected chi connectivity index (χ0v) is 26.0. The first-order valence-corrected chi connectivity index (χ1v) is 14.5. The van der Waals surface area contributed by atoms with Gasteiger partial charge in [-0.25, -0.2) is 9.18 Å². The number of hydrogen-bond donors (Lipinski definition) is 2. The average molecular weight is 622 g/mol. The molecule has 3 heterocycles. The van der Waals surface area contributed by atoms with Crippen LogP contribution in [0.15, 0.2) is 29.1 Å². The Morgan fingerprint density at radius 1 is 1.07 bits per heavy atom. The molecule has 1 aromatic carbocycles. The van der Waals surface area contributed by atoms with Crippen molar-refractivity contribution >= 4 is 28.9 Å². The number of carbonyl (C=O) groups excluding carboxylic acids is 2. The van der Waals surface area contributed by atoms with Gasteiger partial charge in [-0.2, -0.15) is 13.2 Å². The molecular weight excluding hydrogens is 582 g/mol. The van der Waals surface area contributed by atoms with Crippen molar-refractivity contribution < 1.29 is 31.9 Å². The number of alkyl halides is 3. The molecule has 0 bridgehead atoms. The van der Waals surface area contributed by atoms with Crippen molar-refractivity contribution in [3.8, 4) is 0 Å². The van der Waals surface area contributed by atoms with E-state index in [4.69, 9.17) is 4.74 Å². The molecule has 2 aliphatic heterocycles. The van der Waals surface area contributed by atoms with Gasteiger partial charge >= 0.3 is 12.3 Å². The number of aryl methyl sites for hydroxylation is 1. The van der Waals surface area contributed by atoms with Crippen LogP contribution in [0.3, 0.4) is 0 Å². The van der Waals surface area contributed by atoms with Gasteiger partial charge in [-0.15, -0.1) is 0 Å². The maximum absolute atomic E-state index is 15.9. The Morgan fingerprint density at radius 2 is 1.70 bits per heavy atom. The van der Waals surface area contributed by atoms with Crippen LogP contribution >= 0.6 is 0 Å². The van der Waals surface area contributed by atoms with Gasteiger partial charge in [0.15, 0.2) is 0 Å². The van der Waals surface area contributed by atoms with Gasteiger partial charge in [0, 0.05) is 55.6 Å². The molecule has 0 saturated carbocycles. The minimum absolute atomic E-state index is 0.0401. The topological polar surface area (TPSA) is 98.0 Å². The Balaban J connectivity index is 1.78. The molecule has 1 saturated heterocycles. The van der Waals surface area contributed by atoms with Crippen molar-refractivity contribution in [3.63, 3.8) is 0 Å². The van der Waals surface area contributed by atoms with Crippen molar-refractivity contribution in [1.29, 1.82) is 0 Å². The molecule has 9 nitrogen and oxygen atoms in total. The molecule has 1 aromatic heterocycles. The number of nitrogens with zero attached hydrogens (tertiary/aromatic N) is 3. The number of benzene rings is 1. The zero-order valence-electron chi connectivity index (χ0n) is 26.0. The fraction of sp³-hybridized carbons (Fsp3) is 0.516. The lowest BCUT2D eigenvalue weighted by molar-refractivity contribution is -0.138. The summed E-state index contributed by atoms with van der Waals surface area (Å²) in [5.74, 6) is -1.71. The van der Waals surface area contributed by atoms with Crippen LogP contribution in [0, 0.1) is 12.7 Å². The van der Waals surface area contributed by atoms with Gasteiger partial charge in [0.25, 0.3) is 5.91 Å². The van der Waals surface area contributed by atoms with E-state index < -0.39 is 46.3 Å². The molecule has 1 fully saturated rings. The van der Waals surface area contributed by atoms with Gasteiger partial charge in [0.2, 0.25) is 5.56 Å². The number of aromatic amines is 1. The molecule has 13 heteroatoms. The SMILES string of the molecule is Cc1[nH]c(=O)cc(C(F)(F)F)c1C(=O)Nc1cc(C2=CCCN(C(=O)OC(C)(C)C)C2)c(F)cc1N1C[C@@H](C)N(C)[C@@H](C)C1. The summed E-state index contributed by atoms with van der Waals surface area (Å²) in [6.07, 6.45) is -3.31. The number of halogens is 4. The van der Waals surface area contributed by atoms with E-state index in [-0.39, 0.29) is 35.6 Å². The first-order valence-electron chi connectivity index (χ1n) is 14.5. The largest absolute Gasteiger partial charge is 0.444 e. The predicted molar refractivity (Wildman–Crippen MR) is 160 cm³/mol. The second kappa shape index (κ2) is 12.3. The Kier molecular flexibility index (Phi) is 9.20. The number of H-pyrrole nitrogens is 1. The van der Waals surface area contributed by atoms with Crippen LogP contribution in [0.5, 0.6) is 0 Å². The Morgan fingerprint density at radius 3 is 2.30 bits per heavy atom. The highest BCUT2D eigenvalue weighted by Crippen LogP contribution is 2.37. The number of piperazine rings is 1. The highest BCUT2D eigenvalue weighted by atomic mass is 19.4. The van der Waals surface area contributed by atoms with Gasteiger partial charge in [-0.05, 0) is 72.7 Å². The van der Waals surface area contributed by atoms with E-state index in [0.29, 0.717) is 43.4 Å². The third kappa shape index (κ3) is 7.25. The maximum atomic E-state index is 15.9. The normalized spacial score (nSPS) is 19.9. The fourth-order valence-corrected chi connectivity index (χ4v) is 5.58. The lowest BCUT2D eigenvalue weighted by atomic mass is 9.98. The van der Waals surface area contributed by atoms with Crippen molar-refractivity contribution in [3.05, 3.63) is 62.8 Å². The molecule has 2 amide bonds. The number of pyridine rings is 1. The number of anilines is 2. The van der Waals surface area contributed by atoms with Crippen LogP contribution in [0.4, 0.5) is 33.7 Å². The fourth-order valence-electron chi connectivity index (χ4n) is 5.58. The van der Waals surface area contributed by atoms with Crippen LogP contribution in [0.25, 0.3) is 5.57 Å². The number of likely N-dealkylation sites (N-methyl/N-ethyl adjacent to an activating group) is 1. The standard InChI is InChI=1S/C31H39F4N5O4/c1-17-14-40(15-18(2)38(17)7)25-13-23(32)21(20-9-8-10-39(16-20)29(43)44-30(4,5)6)11-24(25)37-28(42)27-19(3)36-26(41)12-22(27)31(33,34)35/h9,11-13,17-18H,8,10,14-16H2,1-7H3,(H,36,41)(H,37,42)/t17-,18+. The summed E-state index contributed by atoms with van der Waals surface area (Å²) in [5, 5.41) is 2.59. The third-order valence-corrected chi connectivity index (χ3v) is 7.95. The number of ether oxygens (including phenoxy) is 1. The Hall–Kier alpha value is -3.87. The summed E-state index contributed by atoms with van der Waals surface area (Å²) >= 11 is 0. The van der Waals surface area contributed by atoms with Crippen molar-refractivity contribution in [1.82, 2.24) is 14.8 Å². The van der Waals surface area contributed by atoms with Gasteiger partial charge < -0.3 is 24.8 Å². The first kappa shape index (κ1) is 33.0. The van der Waals surface area contributed by atoms with E-state index >= 15 is 4.39 Å². The second-order valence-electron chi connectivity index (χ2n) is 12.5. The quantitative estimate of drug-likeness (QED) is 0.429. The average Bonchev–Trinajstić information content (AvgIpc) is 2.90. The summed E-state index contributed by atoms with van der Waals surface area (Å²) in [6.45, 7) is 11.8. The lowest BCUT2D eigenvalue weighted by Gasteiger charge is -2.44. The number of hydrogen-bond acceptors (Lipinski definition) is 6. The van der Waals surface area contributed by atoms with Gasteiger partial charge in [-0.3, -0.25) is 14.5 Å². The molecule has 2 N–H and O–H groups in total. The van der Waals surface area contributed by atoms with Crippen molar-refractivity contribution in [2.75, 3.05) is 43.4 Å². The number of aromatic nitrogens is 1. The predicted octanol–water partition coefficient (Wildman–Crippen LogP) is 5.65. The third-order valence-electron chi connectivity index (χ3n) is 7.95. The highest BCUT2D eigenvalue weighted by Gasteiger charge is 2.38. The zero-order chi connectivity index (χ0) is 32.7. The monoisotopic (exact) mass is 621 g/mol. The summed E-state index contributed by atoms with van der Waals surface area (Å²) in [7, 11) is 1.97. The number of nitrogens with one attached hydrogen (secondary N) is 2. The van der Waals surface area contributed by atoms with E-state index in [1.165, 1.54) is 24.0 Å². The molecule has 0 spiro atoms. The number of rotatable bonds is 4. The summed E-state index contributed by atoms with van der Waals surface area (Å²) in [6, 6.07) is 3.14. The summed E-state index contributed by atoms with van der Waals surface area (Å²) in [4.78, 5) is 45.9. The molecule has 0 radical (unpaired) electrons. The molecule has 240 valence electrons. The van der Waals surface area contributed by atoms with Crippen LogP contribution in [-0.2, 0) is 10.9 Å². The van der Waals surface area contributed by atoms with Gasteiger partial charge in [0.05, 0.1) is 22.5 Å². The molecule has 44 heavy (non-hydrogen) atoms. The van der Waals surface area contributed by atoms with E-state index in [1.54, 1.807) is 26.8 Å². The lowest BCUT2D eigenvalue weighted by Crippen LogP contribution is -2.55. The van der Waals surface area contributed by atoms with Crippen molar-refractivity contribution in [2.24, 2.45) is 0 Å². The molecule has 2 aliphatic rings. The number of carbonyl (C=O) groups is 2. The van der Waals surface area contributed by atoms with E-state index in [0.717, 1.165) is 0 Å².